The standard InChI is InChI=1S/C23H45N7O5/c1-7-14(6)18(21(33)28-16(22(34)35)9-8-10-27-23(25)26)30-20(32)17(13(4)5)29-19(31)15(24)11-12(2)3/h12-18H,7-11,24H2,1-6H3,(H,28,33)(H,29,31)(H,30,32)(H,34,35)(H4,25,26,27). The number of hydrogen-bond donors (Lipinski definition) is 7. The Labute approximate surface area is 208 Å². The number of nitrogens with one attached hydrogen (secondary N) is 3. The highest BCUT2D eigenvalue weighted by Crippen LogP contribution is 2.12. The lowest BCUT2D eigenvalue weighted by atomic mass is 9.95. The SMILES string of the molecule is CCC(C)C(NC(=O)C(NC(=O)C(N)CC(C)C)C(C)C)C(=O)NC(CCCN=C(N)N)C(=O)O. The summed E-state index contributed by atoms with van der Waals surface area (Å²) in [5.41, 5.74) is 16.5. The number of nitrogens with two attached hydrogens (primary N) is 3. The predicted molar refractivity (Wildman–Crippen MR) is 135 cm³/mol. The minimum atomic E-state index is -1.20. The largest absolute Gasteiger partial charge is 0.480 e. The molecule has 5 atom stereocenters. The van der Waals surface area contributed by atoms with Crippen LogP contribution in [0.5, 0.6) is 0 Å². The van der Waals surface area contributed by atoms with E-state index >= 15 is 0 Å². The van der Waals surface area contributed by atoms with Gasteiger partial charge in [-0.15, -0.1) is 0 Å². The normalized spacial score (nSPS) is 15.5. The van der Waals surface area contributed by atoms with Gasteiger partial charge in [0.15, 0.2) is 5.96 Å². The maximum absolute atomic E-state index is 13.1. The Morgan fingerprint density at radius 1 is 0.886 bits per heavy atom. The van der Waals surface area contributed by atoms with Crippen LogP contribution in [0.3, 0.4) is 0 Å². The zero-order valence-corrected chi connectivity index (χ0v) is 21.8. The number of nitrogens with zero attached hydrogens (tertiary/aromatic N) is 1. The summed E-state index contributed by atoms with van der Waals surface area (Å²) in [6.07, 6.45) is 1.47. The predicted octanol–water partition coefficient (Wildman–Crippen LogP) is -0.345. The van der Waals surface area contributed by atoms with Gasteiger partial charge in [0.2, 0.25) is 17.7 Å². The number of hydrogen-bond acceptors (Lipinski definition) is 6. The van der Waals surface area contributed by atoms with Crippen LogP contribution in [0.25, 0.3) is 0 Å². The van der Waals surface area contributed by atoms with Gasteiger partial charge in [0.05, 0.1) is 6.04 Å². The summed E-state index contributed by atoms with van der Waals surface area (Å²) in [6, 6.07) is -3.83. The lowest BCUT2D eigenvalue weighted by molar-refractivity contribution is -0.143. The number of carbonyl (C=O) groups excluding carboxylic acids is 3. The monoisotopic (exact) mass is 499 g/mol. The van der Waals surface area contributed by atoms with Crippen molar-refractivity contribution < 1.29 is 24.3 Å². The van der Waals surface area contributed by atoms with Crippen LogP contribution in [-0.2, 0) is 19.2 Å². The molecule has 0 radical (unpaired) electrons. The summed E-state index contributed by atoms with van der Waals surface area (Å²) in [4.78, 5) is 54.1. The fraction of sp³-hybridized carbons (Fsp3) is 0.783. The summed E-state index contributed by atoms with van der Waals surface area (Å²) in [5.74, 6) is -3.25. The minimum absolute atomic E-state index is 0.0996. The maximum atomic E-state index is 13.1. The van der Waals surface area contributed by atoms with Gasteiger partial charge in [-0.05, 0) is 37.0 Å². The number of carboxylic acids is 1. The van der Waals surface area contributed by atoms with Gasteiger partial charge in [-0.2, -0.15) is 0 Å². The molecule has 0 aromatic rings. The molecule has 0 aromatic heterocycles. The summed E-state index contributed by atoms with van der Waals surface area (Å²) in [7, 11) is 0. The molecule has 3 amide bonds. The average molecular weight is 500 g/mol. The van der Waals surface area contributed by atoms with E-state index in [1.54, 1.807) is 20.8 Å². The molecule has 0 rings (SSSR count). The minimum Gasteiger partial charge on any atom is -0.480 e. The third-order valence-electron chi connectivity index (χ3n) is 5.66. The number of amides is 3. The average Bonchev–Trinajstić information content (AvgIpc) is 2.75. The molecule has 0 aliphatic carbocycles. The van der Waals surface area contributed by atoms with E-state index in [0.717, 1.165) is 0 Å². The van der Waals surface area contributed by atoms with Gasteiger partial charge < -0.3 is 38.3 Å². The molecule has 10 N–H and O–H groups in total. The molecule has 0 saturated heterocycles. The van der Waals surface area contributed by atoms with Crippen LogP contribution >= 0.6 is 0 Å². The molecule has 0 aliphatic rings. The van der Waals surface area contributed by atoms with Crippen molar-refractivity contribution in [3.63, 3.8) is 0 Å². The van der Waals surface area contributed by atoms with Crippen LogP contribution in [-0.4, -0.2) is 65.5 Å². The summed E-state index contributed by atoms with van der Waals surface area (Å²) in [6.45, 7) is 11.3. The van der Waals surface area contributed by atoms with Gasteiger partial charge in [-0.3, -0.25) is 19.4 Å². The zero-order chi connectivity index (χ0) is 27.3. The Bertz CT molecular complexity index is 738. The van der Waals surface area contributed by atoms with Crippen molar-refractivity contribution in [2.75, 3.05) is 6.54 Å². The van der Waals surface area contributed by atoms with Crippen LogP contribution in [0.15, 0.2) is 4.99 Å². The van der Waals surface area contributed by atoms with Gasteiger partial charge in [-0.1, -0.05) is 48.0 Å². The third kappa shape index (κ3) is 12.4. The summed E-state index contributed by atoms with van der Waals surface area (Å²) >= 11 is 0. The van der Waals surface area contributed by atoms with Crippen LogP contribution in [0.1, 0.15) is 67.2 Å². The van der Waals surface area contributed by atoms with Crippen molar-refractivity contribution in [2.45, 2.75) is 91.4 Å². The quantitative estimate of drug-likeness (QED) is 0.0844. The molecule has 0 fully saturated rings. The van der Waals surface area contributed by atoms with Gasteiger partial charge in [0.1, 0.15) is 18.1 Å². The van der Waals surface area contributed by atoms with Crippen LogP contribution < -0.4 is 33.2 Å². The van der Waals surface area contributed by atoms with Crippen molar-refractivity contribution in [1.82, 2.24) is 16.0 Å². The molecule has 12 nitrogen and oxygen atoms in total. The molecule has 202 valence electrons. The third-order valence-corrected chi connectivity index (χ3v) is 5.66. The summed E-state index contributed by atoms with van der Waals surface area (Å²) in [5, 5.41) is 17.4. The Morgan fingerprint density at radius 3 is 1.89 bits per heavy atom. The first-order chi connectivity index (χ1) is 16.2. The Morgan fingerprint density at radius 2 is 1.43 bits per heavy atom. The van der Waals surface area contributed by atoms with Gasteiger partial charge in [0.25, 0.3) is 0 Å². The topological polar surface area (TPSA) is 215 Å². The zero-order valence-electron chi connectivity index (χ0n) is 21.8. The van der Waals surface area contributed by atoms with Crippen LogP contribution in [0, 0.1) is 17.8 Å². The molecule has 5 unspecified atom stereocenters. The first-order valence-electron chi connectivity index (χ1n) is 12.2. The molecular formula is C23H45N7O5. The first-order valence-corrected chi connectivity index (χ1v) is 12.2. The van der Waals surface area contributed by atoms with Crippen molar-refractivity contribution >= 4 is 29.7 Å². The van der Waals surface area contributed by atoms with E-state index < -0.39 is 47.9 Å². The van der Waals surface area contributed by atoms with Crippen molar-refractivity contribution in [3.8, 4) is 0 Å². The highest BCUT2D eigenvalue weighted by Gasteiger charge is 2.33. The lowest BCUT2D eigenvalue weighted by Gasteiger charge is -2.29. The van der Waals surface area contributed by atoms with E-state index in [4.69, 9.17) is 17.2 Å². The molecule has 0 heterocycles. The van der Waals surface area contributed by atoms with Crippen molar-refractivity contribution in [1.29, 1.82) is 0 Å². The van der Waals surface area contributed by atoms with E-state index in [-0.39, 0.29) is 36.7 Å². The highest BCUT2D eigenvalue weighted by atomic mass is 16.4. The Hall–Kier alpha value is -2.89. The molecule has 35 heavy (non-hydrogen) atoms. The smallest absolute Gasteiger partial charge is 0.326 e. The Balaban J connectivity index is 5.44. The van der Waals surface area contributed by atoms with Gasteiger partial charge in [0, 0.05) is 6.54 Å². The fourth-order valence-electron chi connectivity index (χ4n) is 3.38. The van der Waals surface area contributed by atoms with E-state index in [1.165, 1.54) is 0 Å². The molecule has 0 aromatic carbocycles. The van der Waals surface area contributed by atoms with Crippen LogP contribution in [0.4, 0.5) is 0 Å². The maximum Gasteiger partial charge on any atom is 0.326 e. The molecule has 12 heteroatoms. The van der Waals surface area contributed by atoms with Gasteiger partial charge >= 0.3 is 5.97 Å². The van der Waals surface area contributed by atoms with E-state index in [1.807, 2.05) is 20.8 Å². The molecule has 0 spiro atoms. The second kappa shape index (κ2) is 15.9. The highest BCUT2D eigenvalue weighted by molar-refractivity contribution is 5.94. The lowest BCUT2D eigenvalue weighted by Crippen LogP contribution is -2.59. The van der Waals surface area contributed by atoms with E-state index in [9.17, 15) is 24.3 Å². The number of guanidine groups is 1. The second-order valence-corrected chi connectivity index (χ2v) is 9.69. The number of rotatable bonds is 16. The molecule has 0 saturated carbocycles. The van der Waals surface area contributed by atoms with E-state index in [0.29, 0.717) is 19.3 Å². The molecule has 0 bridgehead atoms. The molecule has 0 aliphatic heterocycles. The van der Waals surface area contributed by atoms with Crippen LogP contribution in [0.2, 0.25) is 0 Å². The van der Waals surface area contributed by atoms with Crippen molar-refractivity contribution in [3.05, 3.63) is 0 Å². The first kappa shape index (κ1) is 32.1. The number of aliphatic imine (C=N–C) groups is 1. The molecular weight excluding hydrogens is 454 g/mol. The second-order valence-electron chi connectivity index (χ2n) is 9.69. The van der Waals surface area contributed by atoms with Gasteiger partial charge in [-0.25, -0.2) is 4.79 Å². The number of carbonyl (C=O) groups is 4. The summed E-state index contributed by atoms with van der Waals surface area (Å²) < 4.78 is 0. The number of carboxylic acid groups (broad SMARTS) is 1. The van der Waals surface area contributed by atoms with E-state index in [2.05, 4.69) is 20.9 Å². The van der Waals surface area contributed by atoms with Crippen molar-refractivity contribution in [2.24, 2.45) is 39.9 Å². The number of aliphatic carboxylic acids is 1. The Kier molecular flexibility index (Phi) is 14.6. The fourth-order valence-corrected chi connectivity index (χ4v) is 3.38.